The van der Waals surface area contributed by atoms with Crippen molar-refractivity contribution < 1.29 is 14.3 Å². The highest BCUT2D eigenvalue weighted by Gasteiger charge is 2.16. The number of benzene rings is 2. The van der Waals surface area contributed by atoms with Gasteiger partial charge >= 0.3 is 0 Å². The summed E-state index contributed by atoms with van der Waals surface area (Å²) in [6.45, 7) is 2.16. The highest BCUT2D eigenvalue weighted by molar-refractivity contribution is 7.09. The summed E-state index contributed by atoms with van der Waals surface area (Å²) in [5.74, 6) is 1.06. The van der Waals surface area contributed by atoms with Gasteiger partial charge in [0, 0.05) is 22.2 Å². The summed E-state index contributed by atoms with van der Waals surface area (Å²) in [6.07, 6.45) is 0. The maximum absolute atomic E-state index is 12.4. The fourth-order valence-electron chi connectivity index (χ4n) is 2.49. The number of hydrogen-bond donors (Lipinski definition) is 1. The maximum atomic E-state index is 12.4. The van der Waals surface area contributed by atoms with Gasteiger partial charge in [-0.3, -0.25) is 4.79 Å². The molecule has 1 N–H and O–H groups in total. The maximum Gasteiger partial charge on any atom is 0.255 e. The minimum Gasteiger partial charge on any atom is -0.454 e. The Labute approximate surface area is 142 Å². The van der Waals surface area contributed by atoms with E-state index in [9.17, 15) is 4.79 Å². The summed E-state index contributed by atoms with van der Waals surface area (Å²) >= 11 is 1.60. The summed E-state index contributed by atoms with van der Waals surface area (Å²) in [7, 11) is 0. The number of nitrogens with one attached hydrogen (secondary N) is 1. The Morgan fingerprint density at radius 2 is 2.04 bits per heavy atom. The Kier molecular flexibility index (Phi) is 3.66. The van der Waals surface area contributed by atoms with Crippen LogP contribution in [0, 0.1) is 6.92 Å². The molecule has 2 aromatic carbocycles. The summed E-state index contributed by atoms with van der Waals surface area (Å²) in [6, 6.07) is 12.8. The van der Waals surface area contributed by atoms with Gasteiger partial charge in [0.2, 0.25) is 6.79 Å². The molecule has 0 spiro atoms. The van der Waals surface area contributed by atoms with Crippen LogP contribution in [0.2, 0.25) is 0 Å². The van der Waals surface area contributed by atoms with E-state index >= 15 is 0 Å². The zero-order valence-electron chi connectivity index (χ0n) is 12.9. The summed E-state index contributed by atoms with van der Waals surface area (Å²) < 4.78 is 10.6. The number of carbonyl (C=O) groups is 1. The second kappa shape index (κ2) is 5.98. The topological polar surface area (TPSA) is 60.5 Å². The Morgan fingerprint density at radius 3 is 2.88 bits per heavy atom. The number of rotatable bonds is 3. The smallest absolute Gasteiger partial charge is 0.255 e. The molecule has 6 heteroatoms. The molecule has 0 aliphatic carbocycles. The monoisotopic (exact) mass is 338 g/mol. The second-order valence-corrected chi connectivity index (χ2v) is 6.42. The van der Waals surface area contributed by atoms with E-state index in [1.165, 1.54) is 0 Å². The first kappa shape index (κ1) is 14.7. The summed E-state index contributed by atoms with van der Waals surface area (Å²) in [5, 5.41) is 5.93. The average Bonchev–Trinajstić information content (AvgIpc) is 3.23. The van der Waals surface area contributed by atoms with E-state index in [-0.39, 0.29) is 12.7 Å². The molecule has 0 radical (unpaired) electrons. The van der Waals surface area contributed by atoms with Gasteiger partial charge in [-0.2, -0.15) is 0 Å². The third kappa shape index (κ3) is 2.83. The lowest BCUT2D eigenvalue weighted by Gasteiger charge is -2.07. The van der Waals surface area contributed by atoms with E-state index in [2.05, 4.69) is 10.3 Å². The van der Waals surface area contributed by atoms with Crippen molar-refractivity contribution >= 4 is 22.9 Å². The number of thiazole rings is 1. The predicted octanol–water partition coefficient (Wildman–Crippen LogP) is 4.10. The van der Waals surface area contributed by atoms with Gasteiger partial charge in [-0.25, -0.2) is 4.98 Å². The molecule has 3 aromatic rings. The number of fused-ring (bicyclic) bond motifs is 1. The Hall–Kier alpha value is -2.86. The highest BCUT2D eigenvalue weighted by Crippen LogP contribution is 2.32. The van der Waals surface area contributed by atoms with E-state index in [1.807, 2.05) is 36.6 Å². The molecule has 1 amide bonds. The first-order valence-corrected chi connectivity index (χ1v) is 8.30. The van der Waals surface area contributed by atoms with E-state index in [0.29, 0.717) is 17.1 Å². The Balaban J connectivity index is 1.56. The number of nitrogens with zero attached hydrogens (tertiary/aromatic N) is 1. The number of amides is 1. The molecule has 0 saturated heterocycles. The molecule has 1 aromatic heterocycles. The van der Waals surface area contributed by atoms with Crippen LogP contribution in [0.3, 0.4) is 0 Å². The molecule has 2 heterocycles. The SMILES string of the molecule is Cc1nc(-c2cccc(NC(=O)c3ccc4c(c3)OCO4)c2)cs1. The predicted molar refractivity (Wildman–Crippen MR) is 92.8 cm³/mol. The van der Waals surface area contributed by atoms with Gasteiger partial charge in [-0.15, -0.1) is 11.3 Å². The summed E-state index contributed by atoms with van der Waals surface area (Å²) in [4.78, 5) is 16.9. The molecule has 0 unspecified atom stereocenters. The number of aryl methyl sites for hydroxylation is 1. The Morgan fingerprint density at radius 1 is 1.17 bits per heavy atom. The normalized spacial score (nSPS) is 12.2. The van der Waals surface area contributed by atoms with E-state index in [0.717, 1.165) is 22.0 Å². The van der Waals surface area contributed by atoms with Crippen molar-refractivity contribution in [3.05, 3.63) is 58.4 Å². The molecule has 0 atom stereocenters. The van der Waals surface area contributed by atoms with Crippen LogP contribution in [0.5, 0.6) is 11.5 Å². The first-order chi connectivity index (χ1) is 11.7. The molecule has 4 rings (SSSR count). The van der Waals surface area contributed by atoms with Gasteiger partial charge < -0.3 is 14.8 Å². The van der Waals surface area contributed by atoms with Crippen molar-refractivity contribution in [1.29, 1.82) is 0 Å². The van der Waals surface area contributed by atoms with E-state index in [1.54, 1.807) is 29.5 Å². The van der Waals surface area contributed by atoms with Crippen molar-refractivity contribution in [1.82, 2.24) is 4.98 Å². The number of carbonyl (C=O) groups excluding carboxylic acids is 1. The quantitative estimate of drug-likeness (QED) is 0.781. The molecular formula is C18H14N2O3S. The molecular weight excluding hydrogens is 324 g/mol. The molecule has 0 saturated carbocycles. The van der Waals surface area contributed by atoms with Crippen LogP contribution in [0.4, 0.5) is 5.69 Å². The standard InChI is InChI=1S/C18H14N2O3S/c1-11-19-15(9-24-11)12-3-2-4-14(7-12)20-18(21)13-5-6-16-17(8-13)23-10-22-16/h2-9H,10H2,1H3,(H,20,21). The van der Waals surface area contributed by atoms with E-state index in [4.69, 9.17) is 9.47 Å². The van der Waals surface area contributed by atoms with Crippen molar-refractivity contribution in [3.63, 3.8) is 0 Å². The van der Waals surface area contributed by atoms with Gasteiger partial charge in [0.25, 0.3) is 5.91 Å². The van der Waals surface area contributed by atoms with E-state index < -0.39 is 0 Å². The minimum absolute atomic E-state index is 0.190. The third-order valence-corrected chi connectivity index (χ3v) is 4.44. The summed E-state index contributed by atoms with van der Waals surface area (Å²) in [5.41, 5.74) is 3.13. The van der Waals surface area contributed by atoms with Crippen LogP contribution in [0.15, 0.2) is 47.8 Å². The molecule has 0 bridgehead atoms. The van der Waals surface area contributed by atoms with Crippen molar-refractivity contribution in [2.75, 3.05) is 12.1 Å². The van der Waals surface area contributed by atoms with Crippen LogP contribution in [0.25, 0.3) is 11.3 Å². The Bertz CT molecular complexity index is 920. The number of anilines is 1. The molecule has 1 aliphatic heterocycles. The highest BCUT2D eigenvalue weighted by atomic mass is 32.1. The van der Waals surface area contributed by atoms with Crippen LogP contribution < -0.4 is 14.8 Å². The number of aromatic nitrogens is 1. The van der Waals surface area contributed by atoms with Crippen LogP contribution >= 0.6 is 11.3 Å². The molecule has 24 heavy (non-hydrogen) atoms. The lowest BCUT2D eigenvalue weighted by molar-refractivity contribution is 0.102. The lowest BCUT2D eigenvalue weighted by Crippen LogP contribution is -2.11. The minimum atomic E-state index is -0.195. The van der Waals surface area contributed by atoms with Gasteiger partial charge in [0.05, 0.1) is 10.7 Å². The van der Waals surface area contributed by atoms with Crippen molar-refractivity contribution in [3.8, 4) is 22.8 Å². The van der Waals surface area contributed by atoms with Crippen molar-refractivity contribution in [2.24, 2.45) is 0 Å². The fraction of sp³-hybridized carbons (Fsp3) is 0.111. The van der Waals surface area contributed by atoms with Crippen LogP contribution in [-0.4, -0.2) is 17.7 Å². The van der Waals surface area contributed by atoms with Crippen LogP contribution in [0.1, 0.15) is 15.4 Å². The van der Waals surface area contributed by atoms with Crippen molar-refractivity contribution in [2.45, 2.75) is 6.92 Å². The average molecular weight is 338 g/mol. The largest absolute Gasteiger partial charge is 0.454 e. The van der Waals surface area contributed by atoms with Gasteiger partial charge in [0.15, 0.2) is 11.5 Å². The molecule has 1 aliphatic rings. The lowest BCUT2D eigenvalue weighted by atomic mass is 10.1. The zero-order chi connectivity index (χ0) is 16.5. The van der Waals surface area contributed by atoms with Crippen LogP contribution in [-0.2, 0) is 0 Å². The first-order valence-electron chi connectivity index (χ1n) is 7.42. The third-order valence-electron chi connectivity index (χ3n) is 3.67. The zero-order valence-corrected chi connectivity index (χ0v) is 13.7. The van der Waals surface area contributed by atoms with Gasteiger partial charge in [-0.05, 0) is 37.3 Å². The fourth-order valence-corrected chi connectivity index (χ4v) is 3.12. The molecule has 5 nitrogen and oxygen atoms in total. The van der Waals surface area contributed by atoms with Gasteiger partial charge in [-0.1, -0.05) is 12.1 Å². The van der Waals surface area contributed by atoms with Gasteiger partial charge in [0.1, 0.15) is 0 Å². The molecule has 120 valence electrons. The number of hydrogen-bond acceptors (Lipinski definition) is 5. The number of ether oxygens (including phenoxy) is 2. The molecule has 0 fully saturated rings. The second-order valence-electron chi connectivity index (χ2n) is 5.35.